The predicted octanol–water partition coefficient (Wildman–Crippen LogP) is 2.60. The highest BCUT2D eigenvalue weighted by molar-refractivity contribution is 6.19. The average molecular weight is 161 g/mol. The minimum Gasteiger partial charge on any atom is -0.508 e. The molecule has 1 rings (SSSR count). The molecule has 1 unspecified atom stereocenters. The maximum Gasteiger partial charge on any atom is 0.198 e. The smallest absolute Gasteiger partial charge is 0.198 e. The first kappa shape index (κ1) is 7.35. The second kappa shape index (κ2) is 2.88. The molecule has 0 aliphatic heterocycles. The van der Waals surface area contributed by atoms with Crippen molar-refractivity contribution in [2.24, 2.45) is 0 Å². The van der Waals surface area contributed by atoms with Gasteiger partial charge in [0.15, 0.2) is 5.63 Å². The predicted molar refractivity (Wildman–Crippen MR) is 37.8 cm³/mol. The van der Waals surface area contributed by atoms with Crippen molar-refractivity contribution >= 4 is 11.6 Å². The monoisotopic (exact) mass is 160 g/mol. The van der Waals surface area contributed by atoms with Gasteiger partial charge in [-0.15, -0.1) is 0 Å². The first-order chi connectivity index (χ1) is 4.70. The fourth-order valence-electron chi connectivity index (χ4n) is 0.620. The van der Waals surface area contributed by atoms with E-state index in [1.165, 1.54) is 24.3 Å². The van der Waals surface area contributed by atoms with E-state index in [9.17, 15) is 4.39 Å². The zero-order chi connectivity index (χ0) is 7.56. The van der Waals surface area contributed by atoms with E-state index in [2.05, 4.69) is 0 Å². The molecule has 0 radical (unpaired) electrons. The molecule has 0 saturated heterocycles. The second-order valence-electron chi connectivity index (χ2n) is 1.89. The van der Waals surface area contributed by atoms with E-state index >= 15 is 0 Å². The van der Waals surface area contributed by atoms with E-state index in [0.29, 0.717) is 5.56 Å². The van der Waals surface area contributed by atoms with Gasteiger partial charge in [-0.25, -0.2) is 4.39 Å². The van der Waals surface area contributed by atoms with Gasteiger partial charge in [0.1, 0.15) is 5.75 Å². The minimum atomic E-state index is -1.49. The Labute approximate surface area is 63.1 Å². The Balaban J connectivity index is 2.89. The molecule has 0 aromatic heterocycles. The largest absolute Gasteiger partial charge is 0.508 e. The number of hydrogen-bond acceptors (Lipinski definition) is 1. The minimum absolute atomic E-state index is 0.112. The summed E-state index contributed by atoms with van der Waals surface area (Å²) in [5, 5.41) is 8.77. The maximum absolute atomic E-state index is 12.2. The molecule has 1 aromatic carbocycles. The van der Waals surface area contributed by atoms with Crippen LogP contribution in [0.3, 0.4) is 0 Å². The highest BCUT2D eigenvalue weighted by Gasteiger charge is 2.02. The van der Waals surface area contributed by atoms with E-state index in [1.807, 2.05) is 0 Å². The lowest BCUT2D eigenvalue weighted by atomic mass is 10.2. The number of alkyl halides is 2. The summed E-state index contributed by atoms with van der Waals surface area (Å²) in [7, 11) is 0. The van der Waals surface area contributed by atoms with Crippen LogP contribution in [0, 0.1) is 0 Å². The zero-order valence-corrected chi connectivity index (χ0v) is 5.85. The third-order valence-corrected chi connectivity index (χ3v) is 1.40. The van der Waals surface area contributed by atoms with Crippen LogP contribution in [0.5, 0.6) is 5.75 Å². The second-order valence-corrected chi connectivity index (χ2v) is 2.28. The van der Waals surface area contributed by atoms with Gasteiger partial charge in [0, 0.05) is 5.56 Å². The highest BCUT2D eigenvalue weighted by atomic mass is 35.5. The Morgan fingerprint density at radius 1 is 1.30 bits per heavy atom. The van der Waals surface area contributed by atoms with Crippen molar-refractivity contribution in [2.45, 2.75) is 5.63 Å². The first-order valence-electron chi connectivity index (χ1n) is 2.77. The molecule has 0 fully saturated rings. The number of phenolic OH excluding ortho intramolecular Hbond substituents is 1. The van der Waals surface area contributed by atoms with Crippen LogP contribution in [0.4, 0.5) is 4.39 Å². The van der Waals surface area contributed by atoms with Crippen molar-refractivity contribution in [3.63, 3.8) is 0 Å². The van der Waals surface area contributed by atoms with Crippen molar-refractivity contribution in [3.8, 4) is 5.75 Å². The van der Waals surface area contributed by atoms with Crippen LogP contribution in [-0.4, -0.2) is 5.11 Å². The van der Waals surface area contributed by atoms with Gasteiger partial charge >= 0.3 is 0 Å². The number of halogens is 2. The van der Waals surface area contributed by atoms with Crippen LogP contribution in [0.15, 0.2) is 24.3 Å². The first-order valence-corrected chi connectivity index (χ1v) is 3.21. The SMILES string of the molecule is Oc1ccc(C(F)Cl)cc1. The van der Waals surface area contributed by atoms with Gasteiger partial charge < -0.3 is 5.11 Å². The van der Waals surface area contributed by atoms with Crippen LogP contribution < -0.4 is 0 Å². The molecular formula is C7H6ClFO. The summed E-state index contributed by atoms with van der Waals surface area (Å²) in [5.41, 5.74) is -1.12. The summed E-state index contributed by atoms with van der Waals surface area (Å²) >= 11 is 5.11. The van der Waals surface area contributed by atoms with Crippen LogP contribution in [0.1, 0.15) is 11.2 Å². The van der Waals surface area contributed by atoms with Crippen LogP contribution in [-0.2, 0) is 0 Å². The van der Waals surface area contributed by atoms with Crippen molar-refractivity contribution in [1.82, 2.24) is 0 Å². The van der Waals surface area contributed by atoms with Crippen molar-refractivity contribution in [2.75, 3.05) is 0 Å². The van der Waals surface area contributed by atoms with Gasteiger partial charge in [0.05, 0.1) is 0 Å². The fourth-order valence-corrected chi connectivity index (χ4v) is 0.765. The molecule has 1 atom stereocenters. The molecular weight excluding hydrogens is 155 g/mol. The van der Waals surface area contributed by atoms with E-state index in [4.69, 9.17) is 16.7 Å². The van der Waals surface area contributed by atoms with E-state index in [-0.39, 0.29) is 5.75 Å². The Kier molecular flexibility index (Phi) is 2.12. The van der Waals surface area contributed by atoms with Crippen molar-refractivity contribution in [3.05, 3.63) is 29.8 Å². The van der Waals surface area contributed by atoms with Gasteiger partial charge in [-0.3, -0.25) is 0 Å². The molecule has 1 nitrogen and oxygen atoms in total. The highest BCUT2D eigenvalue weighted by Crippen LogP contribution is 2.22. The number of phenols is 1. The van der Waals surface area contributed by atoms with E-state index in [0.717, 1.165) is 0 Å². The Hall–Kier alpha value is -0.760. The maximum atomic E-state index is 12.2. The van der Waals surface area contributed by atoms with Gasteiger partial charge in [0.25, 0.3) is 0 Å². The van der Waals surface area contributed by atoms with Gasteiger partial charge in [-0.2, -0.15) is 0 Å². The van der Waals surface area contributed by atoms with Gasteiger partial charge in [-0.05, 0) is 12.1 Å². The molecule has 0 bridgehead atoms. The average Bonchev–Trinajstić information content (AvgIpc) is 1.88. The molecule has 1 N–H and O–H groups in total. The third kappa shape index (κ3) is 1.61. The third-order valence-electron chi connectivity index (χ3n) is 1.15. The van der Waals surface area contributed by atoms with E-state index in [1.54, 1.807) is 0 Å². The summed E-state index contributed by atoms with van der Waals surface area (Å²) in [4.78, 5) is 0. The molecule has 1 aromatic rings. The zero-order valence-electron chi connectivity index (χ0n) is 5.09. The molecule has 0 aliphatic rings. The number of aromatic hydroxyl groups is 1. The Bertz CT molecular complexity index is 207. The van der Waals surface area contributed by atoms with Crippen LogP contribution in [0.25, 0.3) is 0 Å². The molecule has 0 spiro atoms. The van der Waals surface area contributed by atoms with Crippen LogP contribution >= 0.6 is 11.6 Å². The number of benzene rings is 1. The molecule has 3 heteroatoms. The standard InChI is InChI=1S/C7H6ClFO/c8-7(9)5-1-3-6(10)4-2-5/h1-4,7,10H. The summed E-state index contributed by atoms with van der Waals surface area (Å²) in [6.07, 6.45) is 0. The molecule has 10 heavy (non-hydrogen) atoms. The van der Waals surface area contributed by atoms with Gasteiger partial charge in [0.2, 0.25) is 0 Å². The molecule has 0 aliphatic carbocycles. The summed E-state index contributed by atoms with van der Waals surface area (Å²) < 4.78 is 12.2. The summed E-state index contributed by atoms with van der Waals surface area (Å²) in [6.45, 7) is 0. The molecule has 0 saturated carbocycles. The fraction of sp³-hybridized carbons (Fsp3) is 0.143. The van der Waals surface area contributed by atoms with Crippen molar-refractivity contribution < 1.29 is 9.50 Å². The van der Waals surface area contributed by atoms with Gasteiger partial charge in [-0.1, -0.05) is 23.7 Å². The quantitative estimate of drug-likeness (QED) is 0.627. The lowest BCUT2D eigenvalue weighted by molar-refractivity contribution is 0.456. The lowest BCUT2D eigenvalue weighted by Crippen LogP contribution is -1.79. The summed E-state index contributed by atoms with van der Waals surface area (Å²) in [5.74, 6) is 0.112. The van der Waals surface area contributed by atoms with Crippen molar-refractivity contribution in [1.29, 1.82) is 0 Å². The topological polar surface area (TPSA) is 20.2 Å². The lowest BCUT2D eigenvalue weighted by Gasteiger charge is -1.98. The van der Waals surface area contributed by atoms with Crippen LogP contribution in [0.2, 0.25) is 0 Å². The van der Waals surface area contributed by atoms with E-state index < -0.39 is 5.63 Å². The summed E-state index contributed by atoms with van der Waals surface area (Å²) in [6, 6.07) is 5.66. The molecule has 0 amide bonds. The number of hydrogen-bond donors (Lipinski definition) is 1. The number of rotatable bonds is 1. The molecule has 0 heterocycles. The Morgan fingerprint density at radius 3 is 2.20 bits per heavy atom. The molecule has 54 valence electrons. The normalized spacial score (nSPS) is 13.0. The Morgan fingerprint density at radius 2 is 1.80 bits per heavy atom.